The smallest absolute Gasteiger partial charge is 0.390 e. The number of fused-ring (bicyclic) bond motifs is 3. The first-order valence-corrected chi connectivity index (χ1v) is 8.00. The molecule has 3 rings (SSSR count). The van der Waals surface area contributed by atoms with Crippen LogP contribution in [-0.4, -0.2) is 28.4 Å². The van der Waals surface area contributed by atoms with Crippen molar-refractivity contribution in [1.29, 1.82) is 0 Å². The summed E-state index contributed by atoms with van der Waals surface area (Å²) >= 11 is 0. The Morgan fingerprint density at radius 2 is 2.00 bits per heavy atom. The number of hydrogen-bond donors (Lipinski definition) is 1. The van der Waals surface area contributed by atoms with Gasteiger partial charge in [-0.1, -0.05) is 0 Å². The number of halogens is 3. The summed E-state index contributed by atoms with van der Waals surface area (Å²) in [5.74, 6) is 0.357. The quantitative estimate of drug-likeness (QED) is 0.722. The number of aromatic nitrogens is 2. The molecule has 0 radical (unpaired) electrons. The topological polar surface area (TPSA) is 70.1 Å². The van der Waals surface area contributed by atoms with Crippen LogP contribution < -0.4 is 16.0 Å². The van der Waals surface area contributed by atoms with Crippen LogP contribution in [0, 0.1) is 6.92 Å². The minimum absolute atomic E-state index is 0.191. The summed E-state index contributed by atoms with van der Waals surface area (Å²) in [5.41, 5.74) is 6.53. The van der Waals surface area contributed by atoms with Crippen LogP contribution in [0.25, 0.3) is 21.7 Å². The molecule has 138 valence electrons. The average Bonchev–Trinajstić information content (AvgIpc) is 2.56. The highest BCUT2D eigenvalue weighted by Gasteiger charge is 2.30. The molecule has 0 aliphatic heterocycles. The van der Waals surface area contributed by atoms with E-state index in [-0.39, 0.29) is 12.2 Å². The van der Waals surface area contributed by atoms with Crippen molar-refractivity contribution < 1.29 is 17.9 Å². The van der Waals surface area contributed by atoms with E-state index in [1.165, 1.54) is 4.57 Å². The molecule has 0 amide bonds. The molecule has 0 saturated carbocycles. The second-order valence-corrected chi connectivity index (χ2v) is 6.25. The fraction of sp³-hybridized carbons (Fsp3) is 0.333. The summed E-state index contributed by atoms with van der Waals surface area (Å²) < 4.78 is 43.9. The molecule has 2 heterocycles. The minimum Gasteiger partial charge on any atom is -0.492 e. The van der Waals surface area contributed by atoms with Crippen molar-refractivity contribution in [2.24, 2.45) is 12.8 Å². The number of rotatable bonds is 4. The second-order valence-electron chi connectivity index (χ2n) is 6.25. The fourth-order valence-corrected chi connectivity index (χ4v) is 3.00. The molecule has 1 aromatic carbocycles. The molecule has 0 spiro atoms. The molecular formula is C18H18F3N3O2. The summed E-state index contributed by atoms with van der Waals surface area (Å²) in [6.07, 6.45) is -3.81. The molecule has 0 aliphatic carbocycles. The Kier molecular flexibility index (Phi) is 4.62. The van der Waals surface area contributed by atoms with E-state index < -0.39 is 18.6 Å². The highest BCUT2D eigenvalue weighted by atomic mass is 19.4. The molecule has 26 heavy (non-hydrogen) atoms. The normalized spacial score (nSPS) is 13.3. The van der Waals surface area contributed by atoms with Gasteiger partial charge >= 0.3 is 6.18 Å². The Hall–Kier alpha value is -2.61. The van der Waals surface area contributed by atoms with E-state index in [9.17, 15) is 18.0 Å². The number of aryl methyl sites for hydroxylation is 2. The van der Waals surface area contributed by atoms with Crippen LogP contribution in [0.3, 0.4) is 0 Å². The maximum Gasteiger partial charge on any atom is 0.390 e. The van der Waals surface area contributed by atoms with Crippen molar-refractivity contribution in [2.75, 3.05) is 6.61 Å². The third-order valence-corrected chi connectivity index (χ3v) is 4.24. The SMILES string of the molecule is Cc1nccc2c1c(=O)n(C)c1cc(OC[C@@H](N)CC(F)(F)F)ccc21. The van der Waals surface area contributed by atoms with Gasteiger partial charge in [-0.2, -0.15) is 13.2 Å². The van der Waals surface area contributed by atoms with Crippen molar-refractivity contribution in [2.45, 2.75) is 25.6 Å². The second kappa shape index (κ2) is 6.60. The van der Waals surface area contributed by atoms with Crippen LogP contribution >= 0.6 is 0 Å². The van der Waals surface area contributed by atoms with E-state index in [1.54, 1.807) is 44.4 Å². The van der Waals surface area contributed by atoms with Gasteiger partial charge in [-0.15, -0.1) is 0 Å². The van der Waals surface area contributed by atoms with Gasteiger partial charge in [-0.3, -0.25) is 9.78 Å². The van der Waals surface area contributed by atoms with Crippen LogP contribution in [0.5, 0.6) is 5.75 Å². The lowest BCUT2D eigenvalue weighted by Gasteiger charge is -2.16. The number of hydrogen-bond acceptors (Lipinski definition) is 4. The number of ether oxygens (including phenoxy) is 1. The minimum atomic E-state index is -4.33. The Balaban J connectivity index is 1.98. The molecule has 0 saturated heterocycles. The van der Waals surface area contributed by atoms with Crippen LogP contribution in [0.15, 0.2) is 35.3 Å². The van der Waals surface area contributed by atoms with Gasteiger partial charge in [0.1, 0.15) is 12.4 Å². The van der Waals surface area contributed by atoms with Gasteiger partial charge in [0.05, 0.1) is 23.0 Å². The van der Waals surface area contributed by atoms with E-state index in [1.807, 2.05) is 0 Å². The summed E-state index contributed by atoms with van der Waals surface area (Å²) in [4.78, 5) is 16.8. The summed E-state index contributed by atoms with van der Waals surface area (Å²) in [6, 6.07) is 5.68. The number of alkyl halides is 3. The fourth-order valence-electron chi connectivity index (χ4n) is 3.00. The van der Waals surface area contributed by atoms with Crippen LogP contribution in [0.4, 0.5) is 13.2 Å². The number of benzene rings is 1. The summed E-state index contributed by atoms with van der Waals surface area (Å²) in [7, 11) is 1.63. The third kappa shape index (κ3) is 3.50. The highest BCUT2D eigenvalue weighted by Crippen LogP contribution is 2.27. The molecule has 0 aliphatic rings. The van der Waals surface area contributed by atoms with Crippen LogP contribution in [0.1, 0.15) is 12.1 Å². The molecule has 3 aromatic rings. The van der Waals surface area contributed by atoms with Gasteiger partial charge in [-0.05, 0) is 30.5 Å². The first kappa shape index (κ1) is 18.2. The van der Waals surface area contributed by atoms with Crippen molar-refractivity contribution in [3.8, 4) is 5.75 Å². The Morgan fingerprint density at radius 3 is 2.69 bits per heavy atom. The highest BCUT2D eigenvalue weighted by molar-refractivity contribution is 6.06. The van der Waals surface area contributed by atoms with Crippen molar-refractivity contribution in [3.05, 3.63) is 46.5 Å². The maximum absolute atomic E-state index is 12.6. The van der Waals surface area contributed by atoms with E-state index in [4.69, 9.17) is 10.5 Å². The zero-order valence-corrected chi connectivity index (χ0v) is 14.3. The lowest BCUT2D eigenvalue weighted by Crippen LogP contribution is -2.33. The largest absolute Gasteiger partial charge is 0.492 e. The first-order valence-electron chi connectivity index (χ1n) is 8.00. The van der Waals surface area contributed by atoms with Gasteiger partial charge in [0.15, 0.2) is 0 Å². The first-order chi connectivity index (χ1) is 12.2. The number of nitrogens with zero attached hydrogens (tertiary/aromatic N) is 2. The molecule has 8 heteroatoms. The molecule has 0 bridgehead atoms. The summed E-state index contributed by atoms with van der Waals surface area (Å²) in [5, 5.41) is 2.15. The Labute approximate surface area is 147 Å². The van der Waals surface area contributed by atoms with Gasteiger partial charge < -0.3 is 15.0 Å². The van der Waals surface area contributed by atoms with Gasteiger partial charge in [-0.25, -0.2) is 0 Å². The lowest BCUT2D eigenvalue weighted by molar-refractivity contribution is -0.139. The van der Waals surface area contributed by atoms with Crippen molar-refractivity contribution in [3.63, 3.8) is 0 Å². The van der Waals surface area contributed by atoms with Gasteiger partial charge in [0, 0.05) is 30.7 Å². The van der Waals surface area contributed by atoms with E-state index in [2.05, 4.69) is 4.98 Å². The van der Waals surface area contributed by atoms with Crippen LogP contribution in [-0.2, 0) is 7.05 Å². The number of nitrogens with two attached hydrogens (primary N) is 1. The predicted octanol–water partition coefficient (Wildman–Crippen LogP) is 3.05. The zero-order chi connectivity index (χ0) is 19.1. The maximum atomic E-state index is 12.6. The van der Waals surface area contributed by atoms with Gasteiger partial charge in [0.2, 0.25) is 0 Å². The van der Waals surface area contributed by atoms with E-state index in [0.717, 1.165) is 10.8 Å². The monoisotopic (exact) mass is 365 g/mol. The Morgan fingerprint density at radius 1 is 1.27 bits per heavy atom. The van der Waals surface area contributed by atoms with Crippen LogP contribution in [0.2, 0.25) is 0 Å². The van der Waals surface area contributed by atoms with Crippen molar-refractivity contribution >= 4 is 21.7 Å². The third-order valence-electron chi connectivity index (χ3n) is 4.24. The lowest BCUT2D eigenvalue weighted by atomic mass is 10.1. The molecule has 0 unspecified atom stereocenters. The molecule has 1 atom stereocenters. The Bertz CT molecular complexity index is 1030. The zero-order valence-electron chi connectivity index (χ0n) is 14.3. The number of pyridine rings is 2. The van der Waals surface area contributed by atoms with Crippen molar-refractivity contribution in [1.82, 2.24) is 9.55 Å². The standard InChI is InChI=1S/C18H18F3N3O2/c1-10-16-14(5-6-23-10)13-4-3-12(7-15(13)24(2)17(16)25)26-9-11(22)8-18(19,20)21/h3-7,11H,8-9,22H2,1-2H3/t11-/m0/s1. The molecule has 0 fully saturated rings. The molecular weight excluding hydrogens is 347 g/mol. The predicted molar refractivity (Wildman–Crippen MR) is 93.4 cm³/mol. The van der Waals surface area contributed by atoms with Gasteiger partial charge in [0.25, 0.3) is 5.56 Å². The van der Waals surface area contributed by atoms with E-state index in [0.29, 0.717) is 22.3 Å². The summed E-state index contributed by atoms with van der Waals surface area (Å²) in [6.45, 7) is 1.50. The molecule has 2 aromatic heterocycles. The molecule has 2 N–H and O–H groups in total. The average molecular weight is 365 g/mol. The molecule has 5 nitrogen and oxygen atoms in total. The van der Waals surface area contributed by atoms with E-state index >= 15 is 0 Å².